The summed E-state index contributed by atoms with van der Waals surface area (Å²) in [6.45, 7) is 6.54. The highest BCUT2D eigenvalue weighted by Gasteiger charge is 2.30. The van der Waals surface area contributed by atoms with Crippen LogP contribution in [0.25, 0.3) is 0 Å². The van der Waals surface area contributed by atoms with Crippen LogP contribution in [-0.4, -0.2) is 75.4 Å². The molecule has 2 aliphatic heterocycles. The monoisotopic (exact) mass is 410 g/mol. The molecule has 2 fully saturated rings. The van der Waals surface area contributed by atoms with E-state index in [1.54, 1.807) is 7.11 Å². The molecule has 0 saturated carbocycles. The van der Waals surface area contributed by atoms with Gasteiger partial charge >= 0.3 is 0 Å². The first-order chi connectivity index (χ1) is 12.2. The molecule has 6 nitrogen and oxygen atoms in total. The molecule has 0 aromatic heterocycles. The third-order valence-corrected chi connectivity index (χ3v) is 5.41. The molecule has 25 heavy (non-hydrogen) atoms. The van der Waals surface area contributed by atoms with E-state index in [0.29, 0.717) is 12.6 Å². The zero-order chi connectivity index (χ0) is 17.6. The number of guanidine groups is 1. The van der Waals surface area contributed by atoms with Gasteiger partial charge < -0.3 is 19.7 Å². The Hall–Kier alpha value is -1.31. The maximum Gasteiger partial charge on any atom is 0.193 e. The molecular weight excluding hydrogens is 384 g/mol. The van der Waals surface area contributed by atoms with Gasteiger partial charge in [0.25, 0.3) is 0 Å². The molecule has 1 unspecified atom stereocenters. The van der Waals surface area contributed by atoms with Gasteiger partial charge in [-0.25, -0.2) is 0 Å². The molecule has 2 heterocycles. The standard InChI is InChI=1S/C18H27BrN4O2/c1-20-18(21-12-14-11-15(19)3-4-17(14)24-2)23-6-5-16(13-23)22-7-9-25-10-8-22/h3-4,11,16H,5-10,12-13H2,1-2H3,(H,20,21). The van der Waals surface area contributed by atoms with E-state index >= 15 is 0 Å². The van der Waals surface area contributed by atoms with Crippen LogP contribution in [0.5, 0.6) is 5.75 Å². The number of morpholine rings is 1. The Bertz CT molecular complexity index is 605. The lowest BCUT2D eigenvalue weighted by Crippen LogP contribution is -2.46. The predicted octanol–water partition coefficient (Wildman–Crippen LogP) is 1.94. The highest BCUT2D eigenvalue weighted by molar-refractivity contribution is 9.10. The Kier molecular flexibility index (Phi) is 6.56. The molecule has 0 radical (unpaired) electrons. The van der Waals surface area contributed by atoms with E-state index in [1.807, 2.05) is 19.2 Å². The average Bonchev–Trinajstić information content (AvgIpc) is 3.13. The Balaban J connectivity index is 1.57. The zero-order valence-corrected chi connectivity index (χ0v) is 16.6. The molecular formula is C18H27BrN4O2. The SMILES string of the molecule is CN=C(NCc1cc(Br)ccc1OC)N1CCC(N2CCOCC2)C1. The second kappa shape index (κ2) is 8.87. The van der Waals surface area contributed by atoms with Crippen molar-refractivity contribution < 1.29 is 9.47 Å². The molecule has 0 amide bonds. The molecule has 1 N–H and O–H groups in total. The molecule has 3 rings (SSSR count). The van der Waals surface area contributed by atoms with Crippen molar-refractivity contribution in [1.29, 1.82) is 0 Å². The number of rotatable bonds is 4. The summed E-state index contributed by atoms with van der Waals surface area (Å²) in [5.41, 5.74) is 1.11. The van der Waals surface area contributed by atoms with Crippen LogP contribution in [0.1, 0.15) is 12.0 Å². The number of likely N-dealkylation sites (tertiary alicyclic amines) is 1. The third kappa shape index (κ3) is 4.65. The fourth-order valence-corrected chi connectivity index (χ4v) is 3.98. The number of hydrogen-bond acceptors (Lipinski definition) is 4. The zero-order valence-electron chi connectivity index (χ0n) is 15.0. The highest BCUT2D eigenvalue weighted by atomic mass is 79.9. The number of ether oxygens (including phenoxy) is 2. The smallest absolute Gasteiger partial charge is 0.193 e. The largest absolute Gasteiger partial charge is 0.496 e. The molecule has 0 aliphatic carbocycles. The number of halogens is 1. The van der Waals surface area contributed by atoms with E-state index in [0.717, 1.165) is 61.1 Å². The van der Waals surface area contributed by atoms with Crippen LogP contribution in [0, 0.1) is 0 Å². The van der Waals surface area contributed by atoms with Crippen molar-refractivity contribution in [2.24, 2.45) is 4.99 Å². The summed E-state index contributed by atoms with van der Waals surface area (Å²) in [4.78, 5) is 9.38. The fraction of sp³-hybridized carbons (Fsp3) is 0.611. The van der Waals surface area contributed by atoms with E-state index < -0.39 is 0 Å². The van der Waals surface area contributed by atoms with Crippen molar-refractivity contribution in [3.8, 4) is 5.75 Å². The number of methoxy groups -OCH3 is 1. The third-order valence-electron chi connectivity index (χ3n) is 4.92. The van der Waals surface area contributed by atoms with Crippen LogP contribution in [0.3, 0.4) is 0 Å². The molecule has 2 aliphatic rings. The number of benzene rings is 1. The Morgan fingerprint density at radius 2 is 2.16 bits per heavy atom. The first-order valence-corrected chi connectivity index (χ1v) is 9.60. The van der Waals surface area contributed by atoms with Crippen molar-refractivity contribution in [2.75, 3.05) is 53.6 Å². The van der Waals surface area contributed by atoms with Gasteiger partial charge in [-0.3, -0.25) is 9.89 Å². The Labute approximate surface area is 158 Å². The van der Waals surface area contributed by atoms with Crippen molar-refractivity contribution >= 4 is 21.9 Å². The maximum absolute atomic E-state index is 5.47. The molecule has 1 atom stereocenters. The van der Waals surface area contributed by atoms with Gasteiger partial charge in [-0.05, 0) is 24.6 Å². The molecule has 0 bridgehead atoms. The van der Waals surface area contributed by atoms with Gasteiger partial charge in [0.1, 0.15) is 5.75 Å². The topological polar surface area (TPSA) is 49.3 Å². The molecule has 1 aromatic carbocycles. The van der Waals surface area contributed by atoms with Crippen LogP contribution in [0.2, 0.25) is 0 Å². The first-order valence-electron chi connectivity index (χ1n) is 8.81. The average molecular weight is 411 g/mol. The summed E-state index contributed by atoms with van der Waals surface area (Å²) in [5, 5.41) is 3.48. The summed E-state index contributed by atoms with van der Waals surface area (Å²) in [5.74, 6) is 1.84. The summed E-state index contributed by atoms with van der Waals surface area (Å²) in [6, 6.07) is 6.65. The van der Waals surface area contributed by atoms with E-state index in [-0.39, 0.29) is 0 Å². The van der Waals surface area contributed by atoms with Crippen molar-refractivity contribution in [3.05, 3.63) is 28.2 Å². The number of nitrogens with zero attached hydrogens (tertiary/aromatic N) is 3. The lowest BCUT2D eigenvalue weighted by Gasteiger charge is -2.32. The maximum atomic E-state index is 5.47. The second-order valence-corrected chi connectivity index (χ2v) is 7.31. The summed E-state index contributed by atoms with van der Waals surface area (Å²) in [6.07, 6.45) is 1.18. The van der Waals surface area contributed by atoms with Gasteiger partial charge in [0.2, 0.25) is 0 Å². The van der Waals surface area contributed by atoms with Crippen molar-refractivity contribution in [1.82, 2.24) is 15.1 Å². The minimum atomic E-state index is 0.600. The van der Waals surface area contributed by atoms with Crippen LogP contribution < -0.4 is 10.1 Å². The second-order valence-electron chi connectivity index (χ2n) is 6.39. The van der Waals surface area contributed by atoms with Gasteiger partial charge in [-0.2, -0.15) is 0 Å². The molecule has 7 heteroatoms. The van der Waals surface area contributed by atoms with Crippen LogP contribution in [0.15, 0.2) is 27.7 Å². The Morgan fingerprint density at radius 1 is 1.36 bits per heavy atom. The normalized spacial score (nSPS) is 22.3. The lowest BCUT2D eigenvalue weighted by atomic mass is 10.2. The van der Waals surface area contributed by atoms with Gasteiger partial charge in [-0.1, -0.05) is 15.9 Å². The van der Waals surface area contributed by atoms with Gasteiger partial charge in [0.15, 0.2) is 5.96 Å². The van der Waals surface area contributed by atoms with Crippen LogP contribution in [0.4, 0.5) is 0 Å². The van der Waals surface area contributed by atoms with Crippen molar-refractivity contribution in [3.63, 3.8) is 0 Å². The molecule has 0 spiro atoms. The predicted molar refractivity (Wildman–Crippen MR) is 103 cm³/mol. The number of aliphatic imine (C=N–C) groups is 1. The summed E-state index contributed by atoms with van der Waals surface area (Å²) in [7, 11) is 3.55. The quantitative estimate of drug-likeness (QED) is 0.606. The number of nitrogens with one attached hydrogen (secondary N) is 1. The van der Waals surface area contributed by atoms with E-state index in [2.05, 4.69) is 42.1 Å². The highest BCUT2D eigenvalue weighted by Crippen LogP contribution is 2.23. The van der Waals surface area contributed by atoms with Gasteiger partial charge in [0.05, 0.1) is 20.3 Å². The van der Waals surface area contributed by atoms with Gasteiger partial charge in [-0.15, -0.1) is 0 Å². The fourth-order valence-electron chi connectivity index (χ4n) is 3.57. The summed E-state index contributed by atoms with van der Waals surface area (Å²) >= 11 is 3.53. The molecule has 138 valence electrons. The van der Waals surface area contributed by atoms with Crippen LogP contribution >= 0.6 is 15.9 Å². The van der Waals surface area contributed by atoms with Crippen molar-refractivity contribution in [2.45, 2.75) is 19.0 Å². The minimum Gasteiger partial charge on any atom is -0.496 e. The van der Waals surface area contributed by atoms with E-state index in [4.69, 9.17) is 9.47 Å². The first kappa shape index (κ1) is 18.5. The molecule has 1 aromatic rings. The molecule has 2 saturated heterocycles. The minimum absolute atomic E-state index is 0.600. The lowest BCUT2D eigenvalue weighted by molar-refractivity contribution is 0.0195. The van der Waals surface area contributed by atoms with Gasteiger partial charge in [0, 0.05) is 55.8 Å². The van der Waals surface area contributed by atoms with E-state index in [1.165, 1.54) is 6.42 Å². The Morgan fingerprint density at radius 3 is 2.88 bits per heavy atom. The van der Waals surface area contributed by atoms with E-state index in [9.17, 15) is 0 Å². The summed E-state index contributed by atoms with van der Waals surface area (Å²) < 4.78 is 12.0. The van der Waals surface area contributed by atoms with Crippen LogP contribution in [-0.2, 0) is 11.3 Å². The number of hydrogen-bond donors (Lipinski definition) is 1.